The zero-order chi connectivity index (χ0) is 16.3. The molecule has 1 aromatic rings. The number of unbranched alkanes of at least 4 members (excludes halogenated alkanes) is 5. The van der Waals surface area contributed by atoms with Gasteiger partial charge in [0.15, 0.2) is 6.29 Å². The van der Waals surface area contributed by atoms with Crippen LogP contribution in [0.3, 0.4) is 0 Å². The van der Waals surface area contributed by atoms with Crippen LogP contribution in [-0.2, 0) is 9.47 Å². The van der Waals surface area contributed by atoms with Crippen molar-refractivity contribution in [3.05, 3.63) is 29.8 Å². The van der Waals surface area contributed by atoms with E-state index in [-0.39, 0.29) is 6.29 Å². The summed E-state index contributed by atoms with van der Waals surface area (Å²) >= 11 is 4.60. The van der Waals surface area contributed by atoms with Crippen LogP contribution in [0.5, 0.6) is 0 Å². The molecule has 0 atom stereocenters. The van der Waals surface area contributed by atoms with Crippen molar-refractivity contribution < 1.29 is 9.47 Å². The van der Waals surface area contributed by atoms with Gasteiger partial charge < -0.3 is 9.47 Å². The number of rotatable bonds is 9. The third kappa shape index (κ3) is 6.52. The van der Waals surface area contributed by atoms with Crippen molar-refractivity contribution in [2.24, 2.45) is 10.9 Å². The van der Waals surface area contributed by atoms with Gasteiger partial charge in [-0.15, -0.1) is 0 Å². The van der Waals surface area contributed by atoms with Gasteiger partial charge in [0.1, 0.15) is 0 Å². The first-order chi connectivity index (χ1) is 11.3. The largest absolute Gasteiger partial charge is 0.348 e. The van der Waals surface area contributed by atoms with Crippen LogP contribution in [-0.4, -0.2) is 18.4 Å². The van der Waals surface area contributed by atoms with Gasteiger partial charge in [0, 0.05) is 11.5 Å². The molecule has 1 aromatic carbocycles. The van der Waals surface area contributed by atoms with Crippen LogP contribution in [0.4, 0.5) is 5.69 Å². The minimum atomic E-state index is -0.249. The zero-order valence-electron chi connectivity index (χ0n) is 14.0. The highest BCUT2D eigenvalue weighted by Crippen LogP contribution is 2.28. The molecular weight excluding hydrogens is 306 g/mol. The average Bonchev–Trinajstić information content (AvgIpc) is 2.60. The van der Waals surface area contributed by atoms with E-state index in [1.807, 2.05) is 24.3 Å². The Kier molecular flexibility index (Phi) is 8.48. The Balaban J connectivity index is 1.66. The van der Waals surface area contributed by atoms with E-state index in [2.05, 4.69) is 29.3 Å². The smallest absolute Gasteiger partial charge is 0.183 e. The molecule has 1 aliphatic heterocycles. The lowest BCUT2D eigenvalue weighted by atomic mass is 10.0. The van der Waals surface area contributed by atoms with Gasteiger partial charge in [-0.25, -0.2) is 0 Å². The molecule has 0 amide bonds. The minimum Gasteiger partial charge on any atom is -0.348 e. The monoisotopic (exact) mass is 333 g/mol. The Morgan fingerprint density at radius 3 is 2.35 bits per heavy atom. The quantitative estimate of drug-likeness (QED) is 0.323. The molecule has 0 saturated carbocycles. The number of hydrogen-bond acceptors (Lipinski definition) is 4. The Labute approximate surface area is 145 Å². The van der Waals surface area contributed by atoms with Crippen molar-refractivity contribution in [3.8, 4) is 0 Å². The zero-order valence-corrected chi connectivity index (χ0v) is 14.8. The van der Waals surface area contributed by atoms with Crippen molar-refractivity contribution in [2.45, 2.75) is 58.2 Å². The van der Waals surface area contributed by atoms with Crippen LogP contribution in [0.15, 0.2) is 29.3 Å². The molecule has 0 N–H and O–H groups in total. The number of aliphatic imine (C=N–C) groups is 1. The number of nitrogens with zero attached hydrogens (tertiary/aromatic N) is 1. The maximum atomic E-state index is 5.88. The van der Waals surface area contributed by atoms with Crippen molar-refractivity contribution in [1.82, 2.24) is 0 Å². The van der Waals surface area contributed by atoms with E-state index in [1.54, 1.807) is 0 Å². The topological polar surface area (TPSA) is 30.8 Å². The number of benzene rings is 1. The molecule has 0 aromatic heterocycles. The standard InChI is InChI=1S/C19H27NO2S/c1-2-3-4-5-6-7-8-16-13-21-19(22-14-16)17-9-11-18(12-10-17)20-15-23/h9-12,16,19H,2-8,13-14H2,1H3/t16-,19-. The fraction of sp³-hybridized carbons (Fsp3) is 0.632. The van der Waals surface area contributed by atoms with Gasteiger partial charge in [-0.1, -0.05) is 57.6 Å². The highest BCUT2D eigenvalue weighted by Gasteiger charge is 2.23. The molecule has 1 aliphatic rings. The highest BCUT2D eigenvalue weighted by atomic mass is 32.1. The maximum Gasteiger partial charge on any atom is 0.183 e. The molecule has 0 spiro atoms. The van der Waals surface area contributed by atoms with Gasteiger partial charge in [-0.05, 0) is 30.8 Å². The predicted octanol–water partition coefficient (Wildman–Crippen LogP) is 5.83. The van der Waals surface area contributed by atoms with Gasteiger partial charge in [-0.2, -0.15) is 4.99 Å². The van der Waals surface area contributed by atoms with E-state index in [0.29, 0.717) is 5.92 Å². The second-order valence-electron chi connectivity index (χ2n) is 6.22. The van der Waals surface area contributed by atoms with Crippen molar-refractivity contribution in [2.75, 3.05) is 13.2 Å². The normalized spacial score (nSPS) is 20.9. The minimum absolute atomic E-state index is 0.249. The van der Waals surface area contributed by atoms with Crippen LogP contribution in [0, 0.1) is 5.92 Å². The van der Waals surface area contributed by atoms with Crippen LogP contribution in [0.2, 0.25) is 0 Å². The predicted molar refractivity (Wildman–Crippen MR) is 97.3 cm³/mol. The van der Waals surface area contributed by atoms with E-state index >= 15 is 0 Å². The van der Waals surface area contributed by atoms with Gasteiger partial charge in [0.25, 0.3) is 0 Å². The molecule has 4 heteroatoms. The fourth-order valence-electron chi connectivity index (χ4n) is 2.87. The molecule has 1 fully saturated rings. The Bertz CT molecular complexity index is 489. The van der Waals surface area contributed by atoms with Crippen LogP contribution >= 0.6 is 12.2 Å². The average molecular weight is 333 g/mol. The Morgan fingerprint density at radius 2 is 1.70 bits per heavy atom. The lowest BCUT2D eigenvalue weighted by Crippen LogP contribution is -2.27. The summed E-state index contributed by atoms with van der Waals surface area (Å²) in [5.74, 6) is 0.538. The lowest BCUT2D eigenvalue weighted by molar-refractivity contribution is -0.206. The summed E-state index contributed by atoms with van der Waals surface area (Å²) in [5.41, 5.74) is 1.84. The van der Waals surface area contributed by atoms with E-state index in [9.17, 15) is 0 Å². The molecule has 0 bridgehead atoms. The summed E-state index contributed by atoms with van der Waals surface area (Å²) in [6.07, 6.45) is 9.00. The summed E-state index contributed by atoms with van der Waals surface area (Å²) in [5, 5.41) is 2.37. The first kappa shape index (κ1) is 18.3. The van der Waals surface area contributed by atoms with E-state index in [1.165, 1.54) is 44.9 Å². The molecule has 3 nitrogen and oxygen atoms in total. The molecule has 2 rings (SSSR count). The number of ether oxygens (including phenoxy) is 2. The van der Waals surface area contributed by atoms with E-state index in [0.717, 1.165) is 24.5 Å². The second-order valence-corrected chi connectivity index (χ2v) is 6.40. The first-order valence-corrected chi connectivity index (χ1v) is 9.15. The van der Waals surface area contributed by atoms with Gasteiger partial charge >= 0.3 is 0 Å². The molecule has 0 radical (unpaired) electrons. The molecule has 1 saturated heterocycles. The third-order valence-corrected chi connectivity index (χ3v) is 4.36. The summed E-state index contributed by atoms with van der Waals surface area (Å²) in [4.78, 5) is 3.95. The number of thiocarbonyl (C=S) groups is 1. The van der Waals surface area contributed by atoms with Gasteiger partial charge in [-0.3, -0.25) is 0 Å². The highest BCUT2D eigenvalue weighted by molar-refractivity contribution is 7.78. The Hall–Kier alpha value is -1.06. The lowest BCUT2D eigenvalue weighted by Gasteiger charge is -2.29. The Morgan fingerprint density at radius 1 is 1.04 bits per heavy atom. The second kappa shape index (κ2) is 10.7. The van der Waals surface area contributed by atoms with Crippen LogP contribution in [0.1, 0.15) is 63.7 Å². The summed E-state index contributed by atoms with van der Waals surface area (Å²) in [6.45, 7) is 3.84. The van der Waals surface area contributed by atoms with E-state index < -0.39 is 0 Å². The van der Waals surface area contributed by atoms with Gasteiger partial charge in [0.05, 0.1) is 24.1 Å². The van der Waals surface area contributed by atoms with Crippen molar-refractivity contribution in [1.29, 1.82) is 0 Å². The van der Waals surface area contributed by atoms with Crippen molar-refractivity contribution >= 4 is 23.1 Å². The van der Waals surface area contributed by atoms with E-state index in [4.69, 9.17) is 9.47 Å². The number of isothiocyanates is 1. The summed E-state index contributed by atoms with van der Waals surface area (Å²) in [7, 11) is 0. The molecule has 126 valence electrons. The molecular formula is C19H27NO2S. The maximum absolute atomic E-state index is 5.88. The molecule has 23 heavy (non-hydrogen) atoms. The first-order valence-electron chi connectivity index (χ1n) is 8.74. The fourth-order valence-corrected chi connectivity index (χ4v) is 2.98. The van der Waals surface area contributed by atoms with Crippen LogP contribution in [0.25, 0.3) is 0 Å². The summed E-state index contributed by atoms with van der Waals surface area (Å²) in [6, 6.07) is 7.77. The van der Waals surface area contributed by atoms with Gasteiger partial charge in [0.2, 0.25) is 0 Å². The van der Waals surface area contributed by atoms with Crippen LogP contribution < -0.4 is 0 Å². The molecule has 1 heterocycles. The van der Waals surface area contributed by atoms with Crippen molar-refractivity contribution in [3.63, 3.8) is 0 Å². The number of hydrogen-bond donors (Lipinski definition) is 0. The SMILES string of the molecule is CCCCCCCC[C@H]1CO[C@H](c2ccc(N=C=S)cc2)OC1. The third-order valence-electron chi connectivity index (χ3n) is 4.27. The molecule has 0 aliphatic carbocycles. The molecule has 0 unspecified atom stereocenters. The summed E-state index contributed by atoms with van der Waals surface area (Å²) < 4.78 is 11.8.